The van der Waals surface area contributed by atoms with Crippen molar-refractivity contribution in [2.45, 2.75) is 26.4 Å². The molecule has 0 aliphatic rings. The topological polar surface area (TPSA) is 78.8 Å². The second-order valence-corrected chi connectivity index (χ2v) is 10.2. The molecule has 37 heavy (non-hydrogen) atoms. The quantitative estimate of drug-likeness (QED) is 0.176. The molecule has 0 fully saturated rings. The Labute approximate surface area is 230 Å². The molecule has 0 bridgehead atoms. The van der Waals surface area contributed by atoms with Gasteiger partial charge in [-0.05, 0) is 93.2 Å². The molecule has 0 N–H and O–H groups in total. The number of fused-ring (bicyclic) bond motifs is 2. The van der Waals surface area contributed by atoms with E-state index in [0.717, 1.165) is 26.3 Å². The number of furan rings is 1. The van der Waals surface area contributed by atoms with Crippen LogP contribution in [-0.2, 0) is 0 Å². The van der Waals surface area contributed by atoms with E-state index in [1.54, 1.807) is 31.5 Å². The number of ether oxygens (including phenoxy) is 2. The van der Waals surface area contributed by atoms with Crippen molar-refractivity contribution < 1.29 is 13.9 Å². The van der Waals surface area contributed by atoms with Gasteiger partial charge in [-0.25, -0.2) is 4.98 Å². The molecule has 188 valence electrons. The second-order valence-electron chi connectivity index (χ2n) is 8.45. The summed E-state index contributed by atoms with van der Waals surface area (Å²) >= 11 is 7.18. The average molecular weight is 625 g/mol. The lowest BCUT2D eigenvalue weighted by Gasteiger charge is -2.16. The van der Waals surface area contributed by atoms with Gasteiger partial charge in [0.25, 0.3) is 5.56 Å². The zero-order chi connectivity index (χ0) is 26.1. The summed E-state index contributed by atoms with van der Waals surface area (Å²) in [4.78, 5) is 18.3. The van der Waals surface area contributed by atoms with Gasteiger partial charge in [-0.1, -0.05) is 25.1 Å². The van der Waals surface area contributed by atoms with E-state index in [-0.39, 0.29) is 17.5 Å². The van der Waals surface area contributed by atoms with Crippen LogP contribution >= 0.6 is 31.9 Å². The summed E-state index contributed by atoms with van der Waals surface area (Å²) in [7, 11) is 1.60. The highest BCUT2D eigenvalue weighted by Gasteiger charge is 2.18. The third-order valence-corrected chi connectivity index (χ3v) is 7.13. The fraction of sp³-hybridized carbons (Fsp3) is 0.179. The normalized spacial score (nSPS) is 12.5. The van der Waals surface area contributed by atoms with Crippen LogP contribution in [0, 0.1) is 0 Å². The van der Waals surface area contributed by atoms with E-state index in [4.69, 9.17) is 18.9 Å². The summed E-state index contributed by atoms with van der Waals surface area (Å²) in [5, 5.41) is 5.78. The molecule has 2 heterocycles. The maximum atomic E-state index is 13.5. The lowest BCUT2D eigenvalue weighted by atomic mass is 10.2. The van der Waals surface area contributed by atoms with Crippen LogP contribution in [0.1, 0.15) is 25.8 Å². The van der Waals surface area contributed by atoms with E-state index < -0.39 is 0 Å². The van der Waals surface area contributed by atoms with E-state index in [9.17, 15) is 4.79 Å². The Kier molecular flexibility index (Phi) is 7.17. The minimum absolute atomic E-state index is 0.0689. The Morgan fingerprint density at radius 1 is 1.08 bits per heavy atom. The monoisotopic (exact) mass is 623 g/mol. The van der Waals surface area contributed by atoms with E-state index in [0.29, 0.717) is 33.7 Å². The minimum atomic E-state index is -0.306. The molecule has 0 saturated heterocycles. The summed E-state index contributed by atoms with van der Waals surface area (Å²) in [5.74, 6) is 2.07. The first-order chi connectivity index (χ1) is 17.9. The van der Waals surface area contributed by atoms with Gasteiger partial charge in [0, 0.05) is 0 Å². The van der Waals surface area contributed by atoms with Crippen molar-refractivity contribution in [2.24, 2.45) is 5.10 Å². The van der Waals surface area contributed by atoms with Gasteiger partial charge in [0.05, 0.1) is 44.7 Å². The SMILES string of the molecule is CC[C@H](C)Oc1c(Br)cc(C=Nn2c(-c3cc4c(OC)cccc4o3)nc3ccccc3c2=O)cc1Br. The van der Waals surface area contributed by atoms with Crippen LogP contribution in [0.5, 0.6) is 11.5 Å². The van der Waals surface area contributed by atoms with Gasteiger partial charge in [0.2, 0.25) is 5.82 Å². The van der Waals surface area contributed by atoms with Crippen LogP contribution in [0.25, 0.3) is 33.5 Å². The Morgan fingerprint density at radius 2 is 1.84 bits per heavy atom. The smallest absolute Gasteiger partial charge is 0.282 e. The molecule has 3 aromatic carbocycles. The number of hydrogen-bond acceptors (Lipinski definition) is 6. The number of methoxy groups -OCH3 is 1. The molecule has 2 aromatic heterocycles. The summed E-state index contributed by atoms with van der Waals surface area (Å²) in [5.41, 5.74) is 1.63. The van der Waals surface area contributed by atoms with Gasteiger partial charge in [0.15, 0.2) is 5.76 Å². The van der Waals surface area contributed by atoms with Crippen LogP contribution in [0.4, 0.5) is 0 Å². The van der Waals surface area contributed by atoms with Crippen LogP contribution < -0.4 is 15.0 Å². The molecule has 9 heteroatoms. The highest BCUT2D eigenvalue weighted by Crippen LogP contribution is 2.36. The van der Waals surface area contributed by atoms with Crippen molar-refractivity contribution in [2.75, 3.05) is 7.11 Å². The number of nitrogens with zero attached hydrogens (tertiary/aromatic N) is 3. The molecule has 5 rings (SSSR count). The van der Waals surface area contributed by atoms with Crippen LogP contribution in [-0.4, -0.2) is 29.1 Å². The highest BCUT2D eigenvalue weighted by molar-refractivity contribution is 9.11. The van der Waals surface area contributed by atoms with Gasteiger partial charge in [-0.15, -0.1) is 0 Å². The summed E-state index contributed by atoms with van der Waals surface area (Å²) in [6, 6.07) is 18.3. The van der Waals surface area contributed by atoms with Gasteiger partial charge >= 0.3 is 0 Å². The minimum Gasteiger partial charge on any atom is -0.496 e. The van der Waals surface area contributed by atoms with Crippen molar-refractivity contribution >= 4 is 59.9 Å². The number of aromatic nitrogens is 2. The lowest BCUT2D eigenvalue weighted by molar-refractivity contribution is 0.214. The van der Waals surface area contributed by atoms with Crippen molar-refractivity contribution in [1.29, 1.82) is 0 Å². The maximum absolute atomic E-state index is 13.5. The largest absolute Gasteiger partial charge is 0.496 e. The molecule has 5 aromatic rings. The summed E-state index contributed by atoms with van der Waals surface area (Å²) < 4.78 is 20.4. The van der Waals surface area contributed by atoms with Crippen molar-refractivity contribution in [3.05, 3.63) is 85.5 Å². The van der Waals surface area contributed by atoms with Gasteiger partial charge in [-0.3, -0.25) is 4.79 Å². The Hall–Kier alpha value is -3.43. The molecule has 0 aliphatic heterocycles. The van der Waals surface area contributed by atoms with Crippen molar-refractivity contribution in [3.8, 4) is 23.1 Å². The van der Waals surface area contributed by atoms with Crippen molar-refractivity contribution in [3.63, 3.8) is 0 Å². The Bertz CT molecular complexity index is 1680. The van der Waals surface area contributed by atoms with Crippen LogP contribution in [0.2, 0.25) is 0 Å². The lowest BCUT2D eigenvalue weighted by Crippen LogP contribution is -2.20. The van der Waals surface area contributed by atoms with Crippen molar-refractivity contribution in [1.82, 2.24) is 9.66 Å². The molecule has 0 aliphatic carbocycles. The van der Waals surface area contributed by atoms with Gasteiger partial charge < -0.3 is 13.9 Å². The predicted molar refractivity (Wildman–Crippen MR) is 153 cm³/mol. The van der Waals surface area contributed by atoms with E-state index in [1.807, 2.05) is 49.4 Å². The number of rotatable bonds is 7. The molecule has 1 atom stereocenters. The van der Waals surface area contributed by atoms with Gasteiger partial charge in [-0.2, -0.15) is 9.78 Å². The Morgan fingerprint density at radius 3 is 2.57 bits per heavy atom. The fourth-order valence-corrected chi connectivity index (χ4v) is 5.30. The first-order valence-electron chi connectivity index (χ1n) is 11.7. The van der Waals surface area contributed by atoms with E-state index in [2.05, 4.69) is 43.9 Å². The molecule has 0 amide bonds. The third-order valence-electron chi connectivity index (χ3n) is 5.95. The zero-order valence-electron chi connectivity index (χ0n) is 20.4. The molecular formula is C28H23Br2N3O4. The first-order valence-corrected chi connectivity index (χ1v) is 13.3. The highest BCUT2D eigenvalue weighted by atomic mass is 79.9. The maximum Gasteiger partial charge on any atom is 0.282 e. The number of halogens is 2. The van der Waals surface area contributed by atoms with E-state index in [1.165, 1.54) is 4.68 Å². The van der Waals surface area contributed by atoms with E-state index >= 15 is 0 Å². The Balaban J connectivity index is 1.64. The van der Waals surface area contributed by atoms with Gasteiger partial charge in [0.1, 0.15) is 17.1 Å². The fourth-order valence-electron chi connectivity index (χ4n) is 3.89. The molecule has 0 saturated carbocycles. The number of hydrogen-bond donors (Lipinski definition) is 0. The molecule has 0 unspecified atom stereocenters. The van der Waals surface area contributed by atoms with Crippen LogP contribution in [0.15, 0.2) is 83.9 Å². The van der Waals surface area contributed by atoms with Crippen LogP contribution in [0.3, 0.4) is 0 Å². The number of benzene rings is 3. The molecule has 0 spiro atoms. The zero-order valence-corrected chi connectivity index (χ0v) is 23.5. The summed E-state index contributed by atoms with van der Waals surface area (Å²) in [6.07, 6.45) is 2.56. The standard InChI is InChI=1S/C28H23Br2N3O4/c1-4-16(2)36-26-20(29)12-17(13-21(26)30)15-31-33-27(32-22-9-6-5-8-18(22)28(33)34)25-14-19-23(35-3)10-7-11-24(19)37-25/h5-16H,4H2,1-3H3/t16-/m0/s1. The summed E-state index contributed by atoms with van der Waals surface area (Å²) in [6.45, 7) is 4.08. The molecule has 7 nitrogen and oxygen atoms in total. The average Bonchev–Trinajstić information content (AvgIpc) is 3.34. The predicted octanol–water partition coefficient (Wildman–Crippen LogP) is 7.40. The third kappa shape index (κ3) is 4.93. The first kappa shape index (κ1) is 25.2. The molecular weight excluding hydrogens is 602 g/mol. The number of para-hydroxylation sites is 1. The molecule has 0 radical (unpaired) electrons. The second kappa shape index (κ2) is 10.5.